The topological polar surface area (TPSA) is 61.5 Å². The van der Waals surface area contributed by atoms with Crippen LogP contribution in [-0.2, 0) is 0 Å². The second kappa shape index (κ2) is 2.42. The van der Waals surface area contributed by atoms with Crippen LogP contribution < -0.4 is 5.69 Å². The van der Waals surface area contributed by atoms with Crippen LogP contribution in [0.15, 0.2) is 16.9 Å². The number of hydrogen-bond acceptors (Lipinski definition) is 3. The van der Waals surface area contributed by atoms with Gasteiger partial charge in [-0.1, -0.05) is 11.3 Å². The summed E-state index contributed by atoms with van der Waals surface area (Å²) in [5.41, 5.74) is 1.62. The number of aromatic amines is 2. The van der Waals surface area contributed by atoms with E-state index in [9.17, 15) is 9.18 Å². The molecular weight excluding hydrogens is 205 g/mol. The SMILES string of the molecule is O=c1[nH]c2cc3nc(F)sc3cc2[nH]1. The molecule has 3 rings (SSSR count). The van der Waals surface area contributed by atoms with Crippen LogP contribution in [0.25, 0.3) is 21.3 Å². The molecule has 0 spiro atoms. The van der Waals surface area contributed by atoms with Gasteiger partial charge in [-0.3, -0.25) is 0 Å². The van der Waals surface area contributed by atoms with Crippen LogP contribution >= 0.6 is 11.3 Å². The zero-order chi connectivity index (χ0) is 9.71. The molecule has 0 aliphatic heterocycles. The normalized spacial score (nSPS) is 11.5. The Kier molecular flexibility index (Phi) is 1.33. The van der Waals surface area contributed by atoms with E-state index in [2.05, 4.69) is 15.0 Å². The Hall–Kier alpha value is -1.69. The van der Waals surface area contributed by atoms with Gasteiger partial charge < -0.3 is 9.97 Å². The Balaban J connectivity index is 2.55. The zero-order valence-corrected chi connectivity index (χ0v) is 7.61. The molecule has 2 heterocycles. The van der Waals surface area contributed by atoms with Gasteiger partial charge in [0.1, 0.15) is 0 Å². The van der Waals surface area contributed by atoms with Gasteiger partial charge in [0.15, 0.2) is 0 Å². The number of H-pyrrole nitrogens is 2. The summed E-state index contributed by atoms with van der Waals surface area (Å²) >= 11 is 0.963. The van der Waals surface area contributed by atoms with Gasteiger partial charge in [0.2, 0.25) is 0 Å². The predicted molar refractivity (Wildman–Crippen MR) is 52.1 cm³/mol. The molecule has 0 amide bonds. The van der Waals surface area contributed by atoms with Crippen molar-refractivity contribution in [3.05, 3.63) is 27.9 Å². The van der Waals surface area contributed by atoms with E-state index in [0.717, 1.165) is 16.0 Å². The quantitative estimate of drug-likeness (QED) is 0.590. The van der Waals surface area contributed by atoms with Crippen molar-refractivity contribution in [1.82, 2.24) is 15.0 Å². The minimum Gasteiger partial charge on any atom is -0.306 e. The maximum atomic E-state index is 12.8. The van der Waals surface area contributed by atoms with Gasteiger partial charge in [-0.25, -0.2) is 9.78 Å². The third-order valence-electron chi connectivity index (χ3n) is 2.00. The van der Waals surface area contributed by atoms with E-state index in [1.54, 1.807) is 12.1 Å². The Morgan fingerprint density at radius 1 is 1.29 bits per heavy atom. The fourth-order valence-electron chi connectivity index (χ4n) is 1.43. The largest absolute Gasteiger partial charge is 0.323 e. The molecule has 0 bridgehead atoms. The van der Waals surface area contributed by atoms with Crippen LogP contribution in [0.5, 0.6) is 0 Å². The number of nitrogens with zero attached hydrogens (tertiary/aromatic N) is 1. The minimum absolute atomic E-state index is 0.266. The van der Waals surface area contributed by atoms with Crippen LogP contribution in [0.4, 0.5) is 4.39 Å². The molecule has 0 saturated carbocycles. The highest BCUT2D eigenvalue weighted by molar-refractivity contribution is 7.17. The number of aromatic nitrogens is 3. The van der Waals surface area contributed by atoms with Crippen molar-refractivity contribution in [2.75, 3.05) is 0 Å². The molecule has 1 aromatic carbocycles. The highest BCUT2D eigenvalue weighted by Gasteiger charge is 2.06. The number of halogens is 1. The average molecular weight is 209 g/mol. The van der Waals surface area contributed by atoms with Crippen LogP contribution in [0.2, 0.25) is 0 Å². The van der Waals surface area contributed by atoms with Crippen molar-refractivity contribution in [3.8, 4) is 0 Å². The van der Waals surface area contributed by atoms with Crippen molar-refractivity contribution in [2.45, 2.75) is 0 Å². The van der Waals surface area contributed by atoms with Crippen LogP contribution in [0.1, 0.15) is 0 Å². The monoisotopic (exact) mass is 209 g/mol. The highest BCUT2D eigenvalue weighted by atomic mass is 32.1. The van der Waals surface area contributed by atoms with Crippen molar-refractivity contribution in [3.63, 3.8) is 0 Å². The first-order valence-electron chi connectivity index (χ1n) is 3.90. The van der Waals surface area contributed by atoms with Gasteiger partial charge in [-0.2, -0.15) is 4.39 Å². The Bertz CT molecular complexity index is 627. The molecule has 70 valence electrons. The van der Waals surface area contributed by atoms with Gasteiger partial charge in [0.05, 0.1) is 21.3 Å². The molecule has 0 aliphatic rings. The maximum Gasteiger partial charge on any atom is 0.323 e. The molecule has 2 N–H and O–H groups in total. The van der Waals surface area contributed by atoms with Gasteiger partial charge >= 0.3 is 5.69 Å². The summed E-state index contributed by atoms with van der Waals surface area (Å²) in [7, 11) is 0. The zero-order valence-electron chi connectivity index (χ0n) is 6.80. The van der Waals surface area contributed by atoms with Crippen LogP contribution in [-0.4, -0.2) is 15.0 Å². The Morgan fingerprint density at radius 2 is 2.00 bits per heavy atom. The lowest BCUT2D eigenvalue weighted by molar-refractivity contribution is 0.620. The molecule has 3 aromatic rings. The first-order valence-corrected chi connectivity index (χ1v) is 4.72. The summed E-state index contributed by atoms with van der Waals surface area (Å²) in [6.45, 7) is 0. The fraction of sp³-hybridized carbons (Fsp3) is 0. The summed E-state index contributed by atoms with van der Waals surface area (Å²) in [6, 6.07) is 3.37. The first-order chi connectivity index (χ1) is 6.72. The summed E-state index contributed by atoms with van der Waals surface area (Å²) < 4.78 is 13.5. The molecule has 0 unspecified atom stereocenters. The Labute approximate surface area is 80.4 Å². The summed E-state index contributed by atoms with van der Waals surface area (Å²) in [5.74, 6) is 0. The van der Waals surface area contributed by atoms with E-state index in [-0.39, 0.29) is 5.69 Å². The molecule has 0 fully saturated rings. The molecule has 0 atom stereocenters. The lowest BCUT2D eigenvalue weighted by Crippen LogP contribution is -1.99. The molecule has 2 aromatic heterocycles. The van der Waals surface area contributed by atoms with Crippen molar-refractivity contribution in [2.24, 2.45) is 0 Å². The van der Waals surface area contributed by atoms with Gasteiger partial charge in [-0.05, 0) is 12.1 Å². The molecular formula is C8H4FN3OS. The van der Waals surface area contributed by atoms with E-state index in [4.69, 9.17) is 0 Å². The number of benzene rings is 1. The number of nitrogens with one attached hydrogen (secondary N) is 2. The van der Waals surface area contributed by atoms with E-state index in [0.29, 0.717) is 16.6 Å². The first kappa shape index (κ1) is 7.69. The van der Waals surface area contributed by atoms with Gasteiger partial charge in [0.25, 0.3) is 5.26 Å². The smallest absolute Gasteiger partial charge is 0.306 e. The van der Waals surface area contributed by atoms with Crippen molar-refractivity contribution in [1.29, 1.82) is 0 Å². The molecule has 6 heteroatoms. The number of hydrogen-bond donors (Lipinski definition) is 2. The number of imidazole rings is 1. The minimum atomic E-state index is -0.463. The van der Waals surface area contributed by atoms with Crippen LogP contribution in [0, 0.1) is 5.26 Å². The van der Waals surface area contributed by atoms with Gasteiger partial charge in [-0.15, -0.1) is 0 Å². The second-order valence-corrected chi connectivity index (χ2v) is 3.89. The summed E-state index contributed by atoms with van der Waals surface area (Å²) in [4.78, 5) is 19.8. The van der Waals surface area contributed by atoms with Gasteiger partial charge in [0, 0.05) is 0 Å². The summed E-state index contributed by atoms with van der Waals surface area (Å²) in [6.07, 6.45) is 0. The lowest BCUT2D eigenvalue weighted by atomic mass is 10.3. The Morgan fingerprint density at radius 3 is 2.79 bits per heavy atom. The molecule has 0 radical (unpaired) electrons. The van der Waals surface area contributed by atoms with E-state index in [1.807, 2.05) is 0 Å². The van der Waals surface area contributed by atoms with Crippen molar-refractivity contribution >= 4 is 32.6 Å². The van der Waals surface area contributed by atoms with Crippen molar-refractivity contribution < 1.29 is 4.39 Å². The standard InChI is InChI=1S/C8H4FN3OS/c9-7-10-5-1-3-4(2-6(5)14-7)12-8(13)11-3/h1-2H,(H2,11,12,13). The fourth-order valence-corrected chi connectivity index (χ4v) is 2.14. The second-order valence-electron chi connectivity index (χ2n) is 2.91. The number of fused-ring (bicyclic) bond motifs is 2. The maximum absolute atomic E-state index is 12.8. The molecule has 0 aliphatic carbocycles. The highest BCUT2D eigenvalue weighted by Crippen LogP contribution is 2.24. The molecule has 4 nitrogen and oxygen atoms in total. The van der Waals surface area contributed by atoms with E-state index < -0.39 is 5.26 Å². The van der Waals surface area contributed by atoms with Crippen LogP contribution in [0.3, 0.4) is 0 Å². The average Bonchev–Trinajstić information content (AvgIpc) is 2.59. The lowest BCUT2D eigenvalue weighted by Gasteiger charge is -1.87. The van der Waals surface area contributed by atoms with E-state index in [1.165, 1.54) is 0 Å². The predicted octanol–water partition coefficient (Wildman–Crippen LogP) is 1.60. The summed E-state index contributed by atoms with van der Waals surface area (Å²) in [5, 5.41) is -0.463. The molecule has 0 saturated heterocycles. The number of rotatable bonds is 0. The van der Waals surface area contributed by atoms with E-state index >= 15 is 0 Å². The molecule has 14 heavy (non-hydrogen) atoms. The third kappa shape index (κ3) is 0.973. The number of thiazole rings is 1. The third-order valence-corrected chi connectivity index (χ3v) is 2.80.